The number of anilines is 3. The second-order valence-corrected chi connectivity index (χ2v) is 8.04. The van der Waals surface area contributed by atoms with Gasteiger partial charge in [0.05, 0.1) is 17.3 Å². The van der Waals surface area contributed by atoms with Crippen LogP contribution in [0.25, 0.3) is 11.3 Å². The molecule has 3 aromatic rings. The second kappa shape index (κ2) is 9.33. The Bertz CT molecular complexity index is 1160. The van der Waals surface area contributed by atoms with E-state index >= 15 is 0 Å². The van der Waals surface area contributed by atoms with Crippen molar-refractivity contribution in [3.8, 4) is 17.3 Å². The van der Waals surface area contributed by atoms with Crippen molar-refractivity contribution in [2.24, 2.45) is 0 Å². The molecule has 0 atom stereocenters. The van der Waals surface area contributed by atoms with E-state index in [-0.39, 0.29) is 12.4 Å². The van der Waals surface area contributed by atoms with Crippen LogP contribution >= 0.6 is 12.4 Å². The monoisotopic (exact) mass is 446 g/mol. The highest BCUT2D eigenvalue weighted by atomic mass is 35.5. The third kappa shape index (κ3) is 4.87. The molecule has 1 N–H and O–H groups in total. The molecule has 0 bridgehead atoms. The van der Waals surface area contributed by atoms with E-state index < -0.39 is 0 Å². The first-order chi connectivity index (χ1) is 15.2. The lowest BCUT2D eigenvalue weighted by atomic mass is 10.1. The van der Waals surface area contributed by atoms with Gasteiger partial charge < -0.3 is 10.2 Å². The average Bonchev–Trinajstić information content (AvgIpc) is 3.65. The van der Waals surface area contributed by atoms with Gasteiger partial charge in [0.25, 0.3) is 0 Å². The summed E-state index contributed by atoms with van der Waals surface area (Å²) in [5.74, 6) is 3.09. The van der Waals surface area contributed by atoms with Crippen molar-refractivity contribution in [2.75, 3.05) is 23.3 Å². The Balaban J connectivity index is 0.00000245. The van der Waals surface area contributed by atoms with Crippen molar-refractivity contribution in [3.05, 3.63) is 59.9 Å². The zero-order chi connectivity index (χ0) is 21.2. The zero-order valence-electron chi connectivity index (χ0n) is 17.5. The van der Waals surface area contributed by atoms with Crippen molar-refractivity contribution >= 4 is 35.6 Å². The van der Waals surface area contributed by atoms with Crippen molar-refractivity contribution in [1.82, 2.24) is 15.0 Å². The molecule has 0 radical (unpaired) electrons. The Labute approximate surface area is 192 Å². The SMILES string of the molecule is Cl.N#Cc1ccnc(Nc2cc(C3CC3)cc(-c3ccc(N4CCC(=O)CC4)nc3)n2)c1. The average molecular weight is 447 g/mol. The number of rotatable bonds is 5. The Morgan fingerprint density at radius 3 is 2.53 bits per heavy atom. The maximum absolute atomic E-state index is 11.5. The highest BCUT2D eigenvalue weighted by Crippen LogP contribution is 2.42. The number of carbonyl (C=O) groups excluding carboxylic acids is 1. The molecular weight excluding hydrogens is 424 g/mol. The minimum Gasteiger partial charge on any atom is -0.356 e. The molecule has 0 spiro atoms. The molecule has 8 heteroatoms. The number of pyridine rings is 3. The second-order valence-electron chi connectivity index (χ2n) is 8.04. The molecular formula is C24H23ClN6O. The summed E-state index contributed by atoms with van der Waals surface area (Å²) in [5, 5.41) is 12.4. The van der Waals surface area contributed by atoms with Crippen LogP contribution in [0.4, 0.5) is 17.5 Å². The molecule has 0 amide bonds. The maximum Gasteiger partial charge on any atom is 0.136 e. The number of nitrogens with zero attached hydrogens (tertiary/aromatic N) is 5. The van der Waals surface area contributed by atoms with Crippen molar-refractivity contribution in [2.45, 2.75) is 31.6 Å². The van der Waals surface area contributed by atoms with E-state index in [0.29, 0.717) is 41.7 Å². The van der Waals surface area contributed by atoms with Crippen LogP contribution in [-0.4, -0.2) is 33.8 Å². The number of aromatic nitrogens is 3. The van der Waals surface area contributed by atoms with Crippen LogP contribution in [0.5, 0.6) is 0 Å². The van der Waals surface area contributed by atoms with Crippen molar-refractivity contribution in [1.29, 1.82) is 5.26 Å². The van der Waals surface area contributed by atoms with Crippen LogP contribution in [0.15, 0.2) is 48.8 Å². The molecule has 162 valence electrons. The standard InChI is InChI=1S/C24H22N6O.ClH/c25-14-16-5-8-26-22(11-16)29-23-13-19(17-1-2-17)12-21(28-23)18-3-4-24(27-15-18)30-9-6-20(31)7-10-30;/h3-5,8,11-13,15,17H,1-2,6-7,9-10H2,(H,26,28,29);1H. The maximum atomic E-state index is 11.5. The molecule has 7 nitrogen and oxygen atoms in total. The highest BCUT2D eigenvalue weighted by molar-refractivity contribution is 5.85. The Kier molecular flexibility index (Phi) is 6.33. The van der Waals surface area contributed by atoms with E-state index in [1.165, 1.54) is 18.4 Å². The van der Waals surface area contributed by atoms with Crippen LogP contribution in [0.2, 0.25) is 0 Å². The lowest BCUT2D eigenvalue weighted by Gasteiger charge is -2.27. The minimum absolute atomic E-state index is 0. The fraction of sp³-hybridized carbons (Fsp3) is 0.292. The third-order valence-electron chi connectivity index (χ3n) is 5.73. The molecule has 2 aliphatic rings. The van der Waals surface area contributed by atoms with Gasteiger partial charge in [0.1, 0.15) is 23.2 Å². The number of nitriles is 1. The number of ketones is 1. The summed E-state index contributed by atoms with van der Waals surface area (Å²) in [6, 6.07) is 13.8. The highest BCUT2D eigenvalue weighted by Gasteiger charge is 2.25. The Morgan fingerprint density at radius 1 is 1.03 bits per heavy atom. The largest absolute Gasteiger partial charge is 0.356 e. The van der Waals surface area contributed by atoms with Crippen LogP contribution in [0.3, 0.4) is 0 Å². The summed E-state index contributed by atoms with van der Waals surface area (Å²) in [6.07, 6.45) is 7.02. The summed E-state index contributed by atoms with van der Waals surface area (Å²) >= 11 is 0. The van der Waals surface area contributed by atoms with Gasteiger partial charge in [0.2, 0.25) is 0 Å². The fourth-order valence-corrected chi connectivity index (χ4v) is 3.83. The van der Waals surface area contributed by atoms with Gasteiger partial charge in [-0.25, -0.2) is 15.0 Å². The van der Waals surface area contributed by atoms with Gasteiger partial charge in [-0.15, -0.1) is 12.4 Å². The molecule has 2 fully saturated rings. The number of piperidine rings is 1. The molecule has 0 unspecified atom stereocenters. The fourth-order valence-electron chi connectivity index (χ4n) is 3.83. The van der Waals surface area contributed by atoms with Crippen LogP contribution in [-0.2, 0) is 4.79 Å². The summed E-state index contributed by atoms with van der Waals surface area (Å²) in [7, 11) is 0. The molecule has 32 heavy (non-hydrogen) atoms. The topological polar surface area (TPSA) is 94.8 Å². The lowest BCUT2D eigenvalue weighted by Crippen LogP contribution is -2.34. The molecule has 5 rings (SSSR count). The van der Waals surface area contributed by atoms with Gasteiger partial charge >= 0.3 is 0 Å². The molecule has 1 saturated heterocycles. The lowest BCUT2D eigenvalue weighted by molar-refractivity contribution is -0.119. The van der Waals surface area contributed by atoms with Crippen LogP contribution < -0.4 is 10.2 Å². The Hall–Kier alpha value is -3.50. The summed E-state index contributed by atoms with van der Waals surface area (Å²) < 4.78 is 0. The van der Waals surface area contributed by atoms with E-state index in [1.54, 1.807) is 18.3 Å². The van der Waals surface area contributed by atoms with E-state index in [9.17, 15) is 4.79 Å². The molecule has 1 aliphatic carbocycles. The van der Waals surface area contributed by atoms with Gasteiger partial charge in [-0.1, -0.05) is 0 Å². The van der Waals surface area contributed by atoms with Gasteiger partial charge in [-0.3, -0.25) is 4.79 Å². The molecule has 3 aromatic heterocycles. The number of Topliss-reactive ketones (excluding diaryl/α,β-unsaturated/α-hetero) is 1. The number of hydrogen-bond donors (Lipinski definition) is 1. The smallest absolute Gasteiger partial charge is 0.136 e. The predicted molar refractivity (Wildman–Crippen MR) is 125 cm³/mol. The van der Waals surface area contributed by atoms with Gasteiger partial charge in [-0.2, -0.15) is 5.26 Å². The molecule has 1 aliphatic heterocycles. The molecule has 4 heterocycles. The van der Waals surface area contributed by atoms with Gasteiger partial charge in [0.15, 0.2) is 0 Å². The van der Waals surface area contributed by atoms with Crippen LogP contribution in [0, 0.1) is 11.3 Å². The van der Waals surface area contributed by atoms with E-state index in [4.69, 9.17) is 10.2 Å². The van der Waals surface area contributed by atoms with Crippen molar-refractivity contribution < 1.29 is 4.79 Å². The van der Waals surface area contributed by atoms with E-state index in [0.717, 1.165) is 30.2 Å². The summed E-state index contributed by atoms with van der Waals surface area (Å²) in [4.78, 5) is 27.4. The van der Waals surface area contributed by atoms with Crippen molar-refractivity contribution in [3.63, 3.8) is 0 Å². The third-order valence-corrected chi connectivity index (χ3v) is 5.73. The zero-order valence-corrected chi connectivity index (χ0v) is 18.3. The summed E-state index contributed by atoms with van der Waals surface area (Å²) in [6.45, 7) is 1.45. The van der Waals surface area contributed by atoms with Gasteiger partial charge in [-0.05, 0) is 60.7 Å². The predicted octanol–water partition coefficient (Wildman–Crippen LogP) is 4.62. The first kappa shape index (κ1) is 21.7. The summed E-state index contributed by atoms with van der Waals surface area (Å²) in [5.41, 5.74) is 3.61. The van der Waals surface area contributed by atoms with E-state index in [1.807, 2.05) is 18.3 Å². The first-order valence-electron chi connectivity index (χ1n) is 10.6. The normalized spacial score (nSPS) is 15.6. The number of carbonyl (C=O) groups is 1. The number of hydrogen-bond acceptors (Lipinski definition) is 7. The number of nitrogens with one attached hydrogen (secondary N) is 1. The minimum atomic E-state index is 0. The first-order valence-corrected chi connectivity index (χ1v) is 10.6. The molecule has 0 aromatic carbocycles. The quantitative estimate of drug-likeness (QED) is 0.610. The van der Waals surface area contributed by atoms with Gasteiger partial charge in [0, 0.05) is 43.9 Å². The molecule has 1 saturated carbocycles. The number of halogens is 1. The Morgan fingerprint density at radius 2 is 1.84 bits per heavy atom. The van der Waals surface area contributed by atoms with E-state index in [2.05, 4.69) is 38.4 Å². The van der Waals surface area contributed by atoms with Crippen LogP contribution in [0.1, 0.15) is 42.7 Å².